The molecule has 0 spiro atoms. The number of piperidine rings is 1. The normalized spacial score (nSPS) is 19.5. The lowest BCUT2D eigenvalue weighted by molar-refractivity contribution is 0.0687. The van der Waals surface area contributed by atoms with Crippen molar-refractivity contribution in [2.24, 2.45) is 5.92 Å². The van der Waals surface area contributed by atoms with E-state index in [4.69, 9.17) is 0 Å². The van der Waals surface area contributed by atoms with Gasteiger partial charge in [-0.1, -0.05) is 31.4 Å². The molecule has 4 heteroatoms. The highest BCUT2D eigenvalue weighted by Crippen LogP contribution is 2.32. The molecule has 0 radical (unpaired) electrons. The molecule has 3 rings (SSSR count). The highest BCUT2D eigenvalue weighted by Gasteiger charge is 2.23. The molecule has 1 amide bonds. The van der Waals surface area contributed by atoms with Crippen molar-refractivity contribution < 1.29 is 4.79 Å². The Morgan fingerprint density at radius 2 is 1.68 bits per heavy atom. The van der Waals surface area contributed by atoms with Crippen LogP contribution in [0, 0.1) is 5.92 Å². The Labute approximate surface area is 159 Å². The molecule has 1 N–H and O–H groups in total. The van der Waals surface area contributed by atoms with Gasteiger partial charge in [-0.25, -0.2) is 0 Å². The van der Waals surface area contributed by atoms with Gasteiger partial charge in [0.15, 0.2) is 0 Å². The molecule has 2 fully saturated rings. The SMILES string of the molecule is CNCCC1CCN(C(=O)c2ccc(C3CCCCC3)cc2)CC1.Cl. The fourth-order valence-electron chi connectivity index (χ4n) is 4.29. The van der Waals surface area contributed by atoms with E-state index in [0.717, 1.165) is 44.0 Å². The van der Waals surface area contributed by atoms with E-state index in [0.29, 0.717) is 5.92 Å². The topological polar surface area (TPSA) is 32.3 Å². The molecule has 1 heterocycles. The lowest BCUT2D eigenvalue weighted by Crippen LogP contribution is -2.38. The van der Waals surface area contributed by atoms with Gasteiger partial charge in [-0.3, -0.25) is 4.79 Å². The number of carbonyl (C=O) groups excluding carboxylic acids is 1. The van der Waals surface area contributed by atoms with Gasteiger partial charge in [0.2, 0.25) is 0 Å². The standard InChI is InChI=1S/C21H32N2O.ClH/c1-22-14-11-17-12-15-23(16-13-17)21(24)20-9-7-19(8-10-20)18-5-3-2-4-6-18;/h7-10,17-18,22H,2-6,11-16H2,1H3;1H. The number of amides is 1. The Bertz CT molecular complexity index is 517. The molecule has 140 valence electrons. The molecule has 1 aliphatic carbocycles. The molecule has 1 saturated carbocycles. The Morgan fingerprint density at radius 3 is 2.28 bits per heavy atom. The number of hydrogen-bond acceptors (Lipinski definition) is 2. The van der Waals surface area contributed by atoms with Crippen LogP contribution >= 0.6 is 12.4 Å². The number of benzene rings is 1. The number of rotatable bonds is 5. The van der Waals surface area contributed by atoms with Crippen molar-refractivity contribution in [1.82, 2.24) is 10.2 Å². The number of carbonyl (C=O) groups is 1. The maximum Gasteiger partial charge on any atom is 0.253 e. The van der Waals surface area contributed by atoms with Crippen LogP contribution in [0.1, 0.15) is 73.2 Å². The van der Waals surface area contributed by atoms with Crippen molar-refractivity contribution in [1.29, 1.82) is 0 Å². The number of nitrogens with zero attached hydrogens (tertiary/aromatic N) is 1. The summed E-state index contributed by atoms with van der Waals surface area (Å²) in [5, 5.41) is 3.23. The summed E-state index contributed by atoms with van der Waals surface area (Å²) in [5.74, 6) is 1.71. The zero-order valence-electron chi connectivity index (χ0n) is 15.5. The van der Waals surface area contributed by atoms with Gasteiger partial charge < -0.3 is 10.2 Å². The third-order valence-electron chi connectivity index (χ3n) is 5.94. The van der Waals surface area contributed by atoms with Crippen molar-refractivity contribution in [2.75, 3.05) is 26.7 Å². The Hall–Kier alpha value is -1.06. The molecule has 3 nitrogen and oxygen atoms in total. The summed E-state index contributed by atoms with van der Waals surface area (Å²) in [7, 11) is 2.01. The molecule has 0 aromatic heterocycles. The molecule has 0 atom stereocenters. The van der Waals surface area contributed by atoms with Gasteiger partial charge in [0.1, 0.15) is 0 Å². The van der Waals surface area contributed by atoms with Crippen LogP contribution in [0.5, 0.6) is 0 Å². The molecule has 2 aliphatic rings. The molecule has 1 saturated heterocycles. The summed E-state index contributed by atoms with van der Waals surface area (Å²) >= 11 is 0. The second-order valence-electron chi connectivity index (χ2n) is 7.58. The molecule has 1 aromatic rings. The van der Waals surface area contributed by atoms with Gasteiger partial charge in [-0.15, -0.1) is 12.4 Å². The van der Waals surface area contributed by atoms with Crippen LogP contribution in [0.15, 0.2) is 24.3 Å². The minimum atomic E-state index is 0. The summed E-state index contributed by atoms with van der Waals surface area (Å²) in [6, 6.07) is 8.50. The van der Waals surface area contributed by atoms with E-state index in [1.807, 2.05) is 11.9 Å². The van der Waals surface area contributed by atoms with Crippen LogP contribution in [-0.4, -0.2) is 37.5 Å². The third kappa shape index (κ3) is 5.46. The predicted octanol–water partition coefficient (Wildman–Crippen LogP) is 4.62. The minimum Gasteiger partial charge on any atom is -0.339 e. The Balaban J connectivity index is 0.00000225. The van der Waals surface area contributed by atoms with Crippen LogP contribution in [0.3, 0.4) is 0 Å². The largest absolute Gasteiger partial charge is 0.339 e. The highest BCUT2D eigenvalue weighted by atomic mass is 35.5. The van der Waals surface area contributed by atoms with E-state index in [2.05, 4.69) is 29.6 Å². The van der Waals surface area contributed by atoms with Crippen molar-refractivity contribution in [3.05, 3.63) is 35.4 Å². The van der Waals surface area contributed by atoms with E-state index in [1.54, 1.807) is 0 Å². The number of likely N-dealkylation sites (tertiary alicyclic amines) is 1. The van der Waals surface area contributed by atoms with Gasteiger partial charge in [-0.05, 0) is 75.2 Å². The van der Waals surface area contributed by atoms with E-state index in [9.17, 15) is 4.79 Å². The Morgan fingerprint density at radius 1 is 1.04 bits per heavy atom. The number of hydrogen-bond donors (Lipinski definition) is 1. The monoisotopic (exact) mass is 364 g/mol. The molecule has 1 aromatic carbocycles. The van der Waals surface area contributed by atoms with Crippen LogP contribution < -0.4 is 5.32 Å². The van der Waals surface area contributed by atoms with Crippen molar-refractivity contribution >= 4 is 18.3 Å². The van der Waals surface area contributed by atoms with Crippen molar-refractivity contribution in [2.45, 2.75) is 57.3 Å². The summed E-state index contributed by atoms with van der Waals surface area (Å²) in [6.07, 6.45) is 10.2. The molecule has 0 unspecified atom stereocenters. The molecule has 25 heavy (non-hydrogen) atoms. The lowest BCUT2D eigenvalue weighted by atomic mass is 9.84. The van der Waals surface area contributed by atoms with E-state index in [-0.39, 0.29) is 18.3 Å². The van der Waals surface area contributed by atoms with Crippen molar-refractivity contribution in [3.8, 4) is 0 Å². The first-order valence-electron chi connectivity index (χ1n) is 9.82. The quantitative estimate of drug-likeness (QED) is 0.826. The molecular formula is C21H33ClN2O. The van der Waals surface area contributed by atoms with Gasteiger partial charge in [-0.2, -0.15) is 0 Å². The number of halogens is 1. The highest BCUT2D eigenvalue weighted by molar-refractivity contribution is 5.94. The fourth-order valence-corrected chi connectivity index (χ4v) is 4.29. The minimum absolute atomic E-state index is 0. The predicted molar refractivity (Wildman–Crippen MR) is 107 cm³/mol. The van der Waals surface area contributed by atoms with Crippen molar-refractivity contribution in [3.63, 3.8) is 0 Å². The van der Waals surface area contributed by atoms with Gasteiger partial charge in [0.05, 0.1) is 0 Å². The molecule has 0 bridgehead atoms. The first-order chi connectivity index (χ1) is 11.8. The second kappa shape index (κ2) is 10.2. The van der Waals surface area contributed by atoms with E-state index in [1.165, 1.54) is 44.1 Å². The second-order valence-corrected chi connectivity index (χ2v) is 7.58. The first kappa shape index (κ1) is 20.3. The fraction of sp³-hybridized carbons (Fsp3) is 0.667. The average molecular weight is 365 g/mol. The zero-order valence-corrected chi connectivity index (χ0v) is 16.3. The van der Waals surface area contributed by atoms with Crippen LogP contribution in [0.25, 0.3) is 0 Å². The number of nitrogens with one attached hydrogen (secondary N) is 1. The van der Waals surface area contributed by atoms with Crippen LogP contribution in [-0.2, 0) is 0 Å². The maximum atomic E-state index is 12.7. The average Bonchev–Trinajstić information content (AvgIpc) is 2.67. The summed E-state index contributed by atoms with van der Waals surface area (Å²) in [5.41, 5.74) is 2.29. The maximum absolute atomic E-state index is 12.7. The molecular weight excluding hydrogens is 332 g/mol. The Kier molecular flexibility index (Phi) is 8.25. The third-order valence-corrected chi connectivity index (χ3v) is 5.94. The van der Waals surface area contributed by atoms with Crippen LogP contribution in [0.2, 0.25) is 0 Å². The van der Waals surface area contributed by atoms with Gasteiger partial charge in [0, 0.05) is 18.7 Å². The lowest BCUT2D eigenvalue weighted by Gasteiger charge is -2.32. The zero-order chi connectivity index (χ0) is 16.8. The van der Waals surface area contributed by atoms with Gasteiger partial charge >= 0.3 is 0 Å². The van der Waals surface area contributed by atoms with E-state index >= 15 is 0 Å². The molecule has 1 aliphatic heterocycles. The summed E-state index contributed by atoms with van der Waals surface area (Å²) in [4.78, 5) is 14.8. The van der Waals surface area contributed by atoms with Gasteiger partial charge in [0.25, 0.3) is 5.91 Å². The summed E-state index contributed by atoms with van der Waals surface area (Å²) in [6.45, 7) is 2.91. The van der Waals surface area contributed by atoms with Crippen LogP contribution in [0.4, 0.5) is 0 Å². The smallest absolute Gasteiger partial charge is 0.253 e. The van der Waals surface area contributed by atoms with E-state index < -0.39 is 0 Å². The first-order valence-corrected chi connectivity index (χ1v) is 9.82. The summed E-state index contributed by atoms with van der Waals surface area (Å²) < 4.78 is 0.